The van der Waals surface area contributed by atoms with Crippen LogP contribution in [-0.4, -0.2) is 44.7 Å². The molecule has 0 bridgehead atoms. The second kappa shape index (κ2) is 12.5. The van der Waals surface area contributed by atoms with Gasteiger partial charge in [-0.2, -0.15) is 0 Å². The summed E-state index contributed by atoms with van der Waals surface area (Å²) in [5.41, 5.74) is 5.86. The van der Waals surface area contributed by atoms with Gasteiger partial charge >= 0.3 is 6.03 Å². The zero-order valence-electron chi connectivity index (χ0n) is 23.6. The number of nitrogens with one attached hydrogen (secondary N) is 3. The smallest absolute Gasteiger partial charge is 0.323 e. The summed E-state index contributed by atoms with van der Waals surface area (Å²) < 4.78 is 5.41. The fourth-order valence-corrected chi connectivity index (χ4v) is 4.84. The molecule has 210 valence electrons. The zero-order valence-corrected chi connectivity index (χ0v) is 23.6. The lowest BCUT2D eigenvalue weighted by Gasteiger charge is -2.31. The molecule has 3 N–H and O–H groups in total. The van der Waals surface area contributed by atoms with Crippen LogP contribution < -0.4 is 15.5 Å². The Labute approximate surface area is 239 Å². The van der Waals surface area contributed by atoms with Gasteiger partial charge in [0.15, 0.2) is 18.0 Å². The summed E-state index contributed by atoms with van der Waals surface area (Å²) in [6.07, 6.45) is 3.02. The Balaban J connectivity index is 1.50. The zero-order chi connectivity index (χ0) is 28.8. The topological polar surface area (TPSA) is 125 Å². The van der Waals surface area contributed by atoms with Crippen molar-refractivity contribution in [3.8, 4) is 33.8 Å². The largest absolute Gasteiger partial charge is 0.444 e. The van der Waals surface area contributed by atoms with Gasteiger partial charge in [0, 0.05) is 29.9 Å². The molecule has 2 aromatic heterocycles. The Hall–Kier alpha value is -4.99. The van der Waals surface area contributed by atoms with Gasteiger partial charge in [0.2, 0.25) is 0 Å². The van der Waals surface area contributed by atoms with Gasteiger partial charge in [-0.15, -0.1) is 5.10 Å². The lowest BCUT2D eigenvalue weighted by atomic mass is 9.97. The number of amides is 2. The van der Waals surface area contributed by atoms with E-state index in [4.69, 9.17) is 4.42 Å². The van der Waals surface area contributed by atoms with Crippen molar-refractivity contribution in [1.29, 1.82) is 0 Å². The average Bonchev–Trinajstić information content (AvgIpc) is 3.68. The van der Waals surface area contributed by atoms with Crippen LogP contribution in [0, 0.1) is 11.8 Å². The maximum Gasteiger partial charge on any atom is 0.323 e. The number of anilines is 3. The van der Waals surface area contributed by atoms with Crippen LogP contribution in [0.5, 0.6) is 0 Å². The monoisotopic (exact) mass is 550 g/mol. The molecular formula is C31H34N8O2. The van der Waals surface area contributed by atoms with E-state index in [2.05, 4.69) is 81.0 Å². The number of carbonyl (C=O) groups excluding carboxylic acids is 1. The van der Waals surface area contributed by atoms with E-state index in [1.165, 1.54) is 6.39 Å². The summed E-state index contributed by atoms with van der Waals surface area (Å²) in [7, 11) is 0. The van der Waals surface area contributed by atoms with Gasteiger partial charge in [-0.25, -0.2) is 14.9 Å². The molecule has 41 heavy (non-hydrogen) atoms. The molecule has 5 rings (SSSR count). The summed E-state index contributed by atoms with van der Waals surface area (Å²) in [5, 5.41) is 20.6. The molecule has 0 unspecified atom stereocenters. The minimum Gasteiger partial charge on any atom is -0.444 e. The summed E-state index contributed by atoms with van der Waals surface area (Å²) in [5.74, 6) is 2.08. The second-order valence-electron chi connectivity index (χ2n) is 10.7. The number of hydrogen-bond acceptors (Lipinski definition) is 7. The van der Waals surface area contributed by atoms with E-state index in [-0.39, 0.29) is 6.03 Å². The number of hydrogen-bond donors (Lipinski definition) is 3. The minimum atomic E-state index is -0.347. The molecule has 0 aliphatic rings. The van der Waals surface area contributed by atoms with Gasteiger partial charge in [-0.3, -0.25) is 0 Å². The molecule has 0 atom stereocenters. The highest BCUT2D eigenvalue weighted by Crippen LogP contribution is 2.36. The van der Waals surface area contributed by atoms with E-state index in [1.807, 2.05) is 54.6 Å². The van der Waals surface area contributed by atoms with E-state index in [0.717, 1.165) is 41.0 Å². The van der Waals surface area contributed by atoms with Crippen molar-refractivity contribution in [2.75, 3.05) is 28.6 Å². The van der Waals surface area contributed by atoms with Gasteiger partial charge in [-0.05, 0) is 57.7 Å². The van der Waals surface area contributed by atoms with Crippen molar-refractivity contribution < 1.29 is 9.21 Å². The molecule has 10 heteroatoms. The number of oxazole rings is 1. The number of nitrogens with zero attached hydrogens (tertiary/aromatic N) is 5. The van der Waals surface area contributed by atoms with Gasteiger partial charge in [-0.1, -0.05) is 70.2 Å². The first kappa shape index (κ1) is 27.6. The normalized spacial score (nSPS) is 11.2. The third-order valence-corrected chi connectivity index (χ3v) is 6.43. The number of aromatic amines is 1. The third kappa shape index (κ3) is 6.78. The highest BCUT2D eigenvalue weighted by molar-refractivity contribution is 6.03. The highest BCUT2D eigenvalue weighted by Gasteiger charge is 2.19. The summed E-state index contributed by atoms with van der Waals surface area (Å²) in [6, 6.07) is 21.2. The van der Waals surface area contributed by atoms with E-state index in [1.54, 1.807) is 6.20 Å². The number of rotatable bonds is 10. The van der Waals surface area contributed by atoms with E-state index in [0.29, 0.717) is 34.8 Å². The SMILES string of the molecule is CC(C)CN(CC(C)C)c1ccc(-c2ccccc2-c2nnn[nH]2)cc1NC(=O)Nc1cccc(-c2cnco2)c1. The first-order chi connectivity index (χ1) is 19.9. The third-order valence-electron chi connectivity index (χ3n) is 6.43. The van der Waals surface area contributed by atoms with E-state index in [9.17, 15) is 4.79 Å². The molecule has 0 fully saturated rings. The van der Waals surface area contributed by atoms with Gasteiger partial charge in [0.1, 0.15) is 0 Å². The van der Waals surface area contributed by atoms with E-state index < -0.39 is 0 Å². The number of aromatic nitrogens is 5. The molecule has 2 heterocycles. The average molecular weight is 551 g/mol. The lowest BCUT2D eigenvalue weighted by molar-refractivity contribution is 0.262. The van der Waals surface area contributed by atoms with Gasteiger partial charge < -0.3 is 20.0 Å². The molecule has 3 aromatic carbocycles. The molecule has 0 radical (unpaired) electrons. The summed E-state index contributed by atoms with van der Waals surface area (Å²) >= 11 is 0. The standard InChI is InChI=1S/C31H34N8O2/c1-20(2)17-39(18-21(3)4)28-13-12-22(25-10-5-6-11-26(25)30-35-37-38-36-30)15-27(28)34-31(40)33-24-9-7-8-23(14-24)29-16-32-19-41-29/h5-16,19-21H,17-18H2,1-4H3,(H2,33,34,40)(H,35,36,37,38). The lowest BCUT2D eigenvalue weighted by Crippen LogP contribution is -2.32. The van der Waals surface area contributed by atoms with Gasteiger partial charge in [0.05, 0.1) is 17.6 Å². The maximum atomic E-state index is 13.4. The highest BCUT2D eigenvalue weighted by atomic mass is 16.3. The quantitative estimate of drug-likeness (QED) is 0.172. The molecule has 10 nitrogen and oxygen atoms in total. The van der Waals surface area contributed by atoms with E-state index >= 15 is 0 Å². The molecule has 5 aromatic rings. The Morgan fingerprint density at radius 2 is 1.68 bits per heavy atom. The second-order valence-corrected chi connectivity index (χ2v) is 10.7. The van der Waals surface area contributed by atoms with Crippen molar-refractivity contribution in [3.63, 3.8) is 0 Å². The van der Waals surface area contributed by atoms with Crippen LogP contribution in [0.3, 0.4) is 0 Å². The van der Waals surface area contributed by atoms with Crippen LogP contribution in [0.4, 0.5) is 21.9 Å². The van der Waals surface area contributed by atoms with Crippen molar-refractivity contribution in [2.45, 2.75) is 27.7 Å². The Morgan fingerprint density at radius 1 is 0.902 bits per heavy atom. The van der Waals surface area contributed by atoms with Crippen molar-refractivity contribution in [1.82, 2.24) is 25.6 Å². The Morgan fingerprint density at radius 3 is 2.37 bits per heavy atom. The fourth-order valence-electron chi connectivity index (χ4n) is 4.84. The Bertz CT molecular complexity index is 1570. The van der Waals surface area contributed by atoms with Crippen LogP contribution >= 0.6 is 0 Å². The fraction of sp³-hybridized carbons (Fsp3) is 0.258. The number of carbonyl (C=O) groups is 1. The van der Waals surface area contributed by atoms with Crippen LogP contribution in [0.1, 0.15) is 27.7 Å². The number of benzene rings is 3. The predicted octanol–water partition coefficient (Wildman–Crippen LogP) is 6.95. The molecule has 0 aliphatic heterocycles. The van der Waals surface area contributed by atoms with Crippen molar-refractivity contribution in [2.24, 2.45) is 11.8 Å². The molecule has 0 saturated carbocycles. The first-order valence-corrected chi connectivity index (χ1v) is 13.7. The van der Waals surface area contributed by atoms with Crippen LogP contribution in [0.2, 0.25) is 0 Å². The Kier molecular flexibility index (Phi) is 8.38. The van der Waals surface area contributed by atoms with Crippen LogP contribution in [0.15, 0.2) is 83.7 Å². The molecule has 0 aliphatic carbocycles. The number of tetrazole rings is 1. The van der Waals surface area contributed by atoms with Crippen LogP contribution in [0.25, 0.3) is 33.8 Å². The van der Waals surface area contributed by atoms with Crippen molar-refractivity contribution in [3.05, 3.63) is 79.3 Å². The molecule has 0 saturated heterocycles. The first-order valence-electron chi connectivity index (χ1n) is 13.7. The predicted molar refractivity (Wildman–Crippen MR) is 162 cm³/mol. The summed E-state index contributed by atoms with van der Waals surface area (Å²) in [6.45, 7) is 10.5. The number of urea groups is 1. The van der Waals surface area contributed by atoms with Gasteiger partial charge in [0.25, 0.3) is 0 Å². The van der Waals surface area contributed by atoms with Crippen molar-refractivity contribution >= 4 is 23.1 Å². The number of H-pyrrole nitrogens is 1. The molecule has 0 spiro atoms. The minimum absolute atomic E-state index is 0.347. The summed E-state index contributed by atoms with van der Waals surface area (Å²) in [4.78, 5) is 19.7. The molecule has 2 amide bonds. The van der Waals surface area contributed by atoms with Crippen LogP contribution in [-0.2, 0) is 0 Å². The maximum absolute atomic E-state index is 13.4. The molecular weight excluding hydrogens is 516 g/mol.